The number of hydrogen-bond acceptors (Lipinski definition) is 4. The molecule has 0 bridgehead atoms. The number of ether oxygens (including phenoxy) is 2. The third kappa shape index (κ3) is 7.74. The van der Waals surface area contributed by atoms with Crippen LogP contribution in [0.25, 0.3) is 0 Å². The van der Waals surface area contributed by atoms with Crippen LogP contribution in [0.2, 0.25) is 0 Å². The minimum atomic E-state index is -0.346. The normalized spacial score (nSPS) is 10.1. The molecule has 0 unspecified atom stereocenters. The van der Waals surface area contributed by atoms with Crippen LogP contribution < -0.4 is 0 Å². The molecule has 0 spiro atoms. The topological polar surface area (TPSA) is 55.8 Å². The molecule has 5 nitrogen and oxygen atoms in total. The summed E-state index contributed by atoms with van der Waals surface area (Å²) >= 11 is 0. The Labute approximate surface area is 103 Å². The SMILES string of the molecule is CCCN(CC(=O)OCC)C(=O)CCCOC. The van der Waals surface area contributed by atoms with Gasteiger partial charge in [-0.3, -0.25) is 9.59 Å². The molecule has 0 aromatic heterocycles. The van der Waals surface area contributed by atoms with E-state index in [2.05, 4.69) is 0 Å². The number of nitrogens with zero attached hydrogens (tertiary/aromatic N) is 1. The molecule has 0 aliphatic heterocycles. The Morgan fingerprint density at radius 3 is 2.47 bits per heavy atom. The van der Waals surface area contributed by atoms with Crippen LogP contribution in [0.5, 0.6) is 0 Å². The van der Waals surface area contributed by atoms with Crippen LogP contribution in [-0.4, -0.2) is 50.2 Å². The summed E-state index contributed by atoms with van der Waals surface area (Å²) in [6.07, 6.45) is 1.92. The number of carbonyl (C=O) groups excluding carboxylic acids is 2. The van der Waals surface area contributed by atoms with Gasteiger partial charge in [0, 0.05) is 26.7 Å². The van der Waals surface area contributed by atoms with Crippen molar-refractivity contribution >= 4 is 11.9 Å². The van der Waals surface area contributed by atoms with Gasteiger partial charge >= 0.3 is 5.97 Å². The highest BCUT2D eigenvalue weighted by Crippen LogP contribution is 2.01. The van der Waals surface area contributed by atoms with Crippen molar-refractivity contribution < 1.29 is 19.1 Å². The third-order valence-corrected chi connectivity index (χ3v) is 2.21. The molecule has 0 radical (unpaired) electrons. The fourth-order valence-corrected chi connectivity index (χ4v) is 1.45. The maximum Gasteiger partial charge on any atom is 0.325 e. The van der Waals surface area contributed by atoms with E-state index >= 15 is 0 Å². The molecule has 1 amide bonds. The van der Waals surface area contributed by atoms with Crippen molar-refractivity contribution in [2.24, 2.45) is 0 Å². The van der Waals surface area contributed by atoms with E-state index in [1.807, 2.05) is 6.92 Å². The molecule has 0 saturated heterocycles. The number of rotatable bonds is 9. The summed E-state index contributed by atoms with van der Waals surface area (Å²) in [5, 5.41) is 0. The lowest BCUT2D eigenvalue weighted by Gasteiger charge is -2.20. The maximum absolute atomic E-state index is 11.8. The molecule has 0 aliphatic rings. The zero-order valence-electron chi connectivity index (χ0n) is 11.0. The number of amides is 1. The van der Waals surface area contributed by atoms with Gasteiger partial charge < -0.3 is 14.4 Å². The van der Waals surface area contributed by atoms with Crippen LogP contribution in [0.15, 0.2) is 0 Å². The van der Waals surface area contributed by atoms with Crippen molar-refractivity contribution in [1.29, 1.82) is 0 Å². The predicted molar refractivity (Wildman–Crippen MR) is 64.6 cm³/mol. The van der Waals surface area contributed by atoms with Gasteiger partial charge in [0.25, 0.3) is 0 Å². The zero-order chi connectivity index (χ0) is 13.1. The Hall–Kier alpha value is -1.10. The zero-order valence-corrected chi connectivity index (χ0v) is 11.0. The molecule has 0 N–H and O–H groups in total. The Morgan fingerprint density at radius 1 is 1.24 bits per heavy atom. The molecule has 0 heterocycles. The van der Waals surface area contributed by atoms with E-state index in [0.29, 0.717) is 32.6 Å². The van der Waals surface area contributed by atoms with Crippen LogP contribution in [-0.2, 0) is 19.1 Å². The van der Waals surface area contributed by atoms with Crippen LogP contribution >= 0.6 is 0 Å². The summed E-state index contributed by atoms with van der Waals surface area (Å²) in [4.78, 5) is 24.7. The van der Waals surface area contributed by atoms with E-state index in [1.165, 1.54) is 0 Å². The fourth-order valence-electron chi connectivity index (χ4n) is 1.45. The van der Waals surface area contributed by atoms with Crippen LogP contribution in [0.4, 0.5) is 0 Å². The Morgan fingerprint density at radius 2 is 1.94 bits per heavy atom. The molecule has 0 aromatic carbocycles. The molecule has 5 heteroatoms. The van der Waals surface area contributed by atoms with E-state index in [4.69, 9.17) is 9.47 Å². The minimum Gasteiger partial charge on any atom is -0.465 e. The summed E-state index contributed by atoms with van der Waals surface area (Å²) in [5.74, 6) is -0.363. The van der Waals surface area contributed by atoms with Gasteiger partial charge in [0.05, 0.1) is 6.61 Å². The van der Waals surface area contributed by atoms with Crippen LogP contribution in [0, 0.1) is 0 Å². The third-order valence-electron chi connectivity index (χ3n) is 2.21. The van der Waals surface area contributed by atoms with Gasteiger partial charge in [-0.15, -0.1) is 0 Å². The standard InChI is InChI=1S/C12H23NO4/c1-4-8-13(10-12(15)17-5-2)11(14)7-6-9-16-3/h4-10H2,1-3H3. The van der Waals surface area contributed by atoms with Gasteiger partial charge in [0.2, 0.25) is 5.91 Å². The maximum atomic E-state index is 11.8. The quantitative estimate of drug-likeness (QED) is 0.452. The van der Waals surface area contributed by atoms with Gasteiger partial charge in [-0.1, -0.05) is 6.92 Å². The molecule has 0 aliphatic carbocycles. The monoisotopic (exact) mass is 245 g/mol. The lowest BCUT2D eigenvalue weighted by Crippen LogP contribution is -2.37. The summed E-state index contributed by atoms with van der Waals surface area (Å²) in [6.45, 7) is 5.27. The second-order valence-corrected chi connectivity index (χ2v) is 3.72. The van der Waals surface area contributed by atoms with Crippen molar-refractivity contribution in [1.82, 2.24) is 4.90 Å². The van der Waals surface area contributed by atoms with Crippen molar-refractivity contribution in [3.05, 3.63) is 0 Å². The van der Waals surface area contributed by atoms with Crippen LogP contribution in [0.3, 0.4) is 0 Å². The Kier molecular flexibility index (Phi) is 9.43. The van der Waals surface area contributed by atoms with Crippen molar-refractivity contribution in [3.8, 4) is 0 Å². The second-order valence-electron chi connectivity index (χ2n) is 3.72. The number of hydrogen-bond donors (Lipinski definition) is 0. The van der Waals surface area contributed by atoms with Gasteiger partial charge in [0.15, 0.2) is 0 Å². The number of methoxy groups -OCH3 is 1. The molecule has 0 saturated carbocycles. The first kappa shape index (κ1) is 15.9. The molecule has 0 rings (SSSR count). The second kappa shape index (κ2) is 10.1. The van der Waals surface area contributed by atoms with Crippen molar-refractivity contribution in [3.63, 3.8) is 0 Å². The largest absolute Gasteiger partial charge is 0.465 e. The van der Waals surface area contributed by atoms with Gasteiger partial charge in [-0.05, 0) is 19.8 Å². The van der Waals surface area contributed by atoms with E-state index in [0.717, 1.165) is 6.42 Å². The molecule has 17 heavy (non-hydrogen) atoms. The number of esters is 1. The average molecular weight is 245 g/mol. The lowest BCUT2D eigenvalue weighted by molar-refractivity contribution is -0.149. The molecule has 0 atom stereocenters. The highest BCUT2D eigenvalue weighted by Gasteiger charge is 2.16. The van der Waals surface area contributed by atoms with Gasteiger partial charge in [0.1, 0.15) is 6.54 Å². The Bertz CT molecular complexity index is 231. The summed E-state index contributed by atoms with van der Waals surface area (Å²) in [7, 11) is 1.60. The summed E-state index contributed by atoms with van der Waals surface area (Å²) in [5.41, 5.74) is 0. The smallest absolute Gasteiger partial charge is 0.325 e. The highest BCUT2D eigenvalue weighted by molar-refractivity contribution is 5.82. The Balaban J connectivity index is 4.10. The van der Waals surface area contributed by atoms with Crippen molar-refractivity contribution in [2.75, 3.05) is 33.4 Å². The van der Waals surface area contributed by atoms with E-state index < -0.39 is 0 Å². The first-order valence-electron chi connectivity index (χ1n) is 6.08. The molecule has 0 aromatic rings. The molecular formula is C12H23NO4. The van der Waals surface area contributed by atoms with Crippen molar-refractivity contribution in [2.45, 2.75) is 33.1 Å². The first-order valence-corrected chi connectivity index (χ1v) is 6.08. The average Bonchev–Trinajstić information content (AvgIpc) is 2.29. The molecule has 100 valence electrons. The van der Waals surface area contributed by atoms with E-state index in [1.54, 1.807) is 18.9 Å². The van der Waals surface area contributed by atoms with Gasteiger partial charge in [-0.2, -0.15) is 0 Å². The first-order chi connectivity index (χ1) is 8.15. The van der Waals surface area contributed by atoms with Gasteiger partial charge in [-0.25, -0.2) is 0 Å². The predicted octanol–water partition coefficient (Wildman–Crippen LogP) is 1.21. The fraction of sp³-hybridized carbons (Fsp3) is 0.833. The summed E-state index contributed by atoms with van der Waals surface area (Å²) in [6, 6.07) is 0. The molecule has 0 fully saturated rings. The minimum absolute atomic E-state index is 0.0167. The van der Waals surface area contributed by atoms with E-state index in [-0.39, 0.29) is 18.4 Å². The van der Waals surface area contributed by atoms with E-state index in [9.17, 15) is 9.59 Å². The van der Waals surface area contributed by atoms with Crippen LogP contribution in [0.1, 0.15) is 33.1 Å². The highest BCUT2D eigenvalue weighted by atomic mass is 16.5. The summed E-state index contributed by atoms with van der Waals surface area (Å²) < 4.78 is 9.73. The lowest BCUT2D eigenvalue weighted by atomic mass is 10.2. The number of carbonyl (C=O) groups is 2. The molecular weight excluding hydrogens is 222 g/mol.